The number of hydrogen-bond donors (Lipinski definition) is 1. The summed E-state index contributed by atoms with van der Waals surface area (Å²) < 4.78 is 1.72. The lowest BCUT2D eigenvalue weighted by molar-refractivity contribution is -0.148. The third-order valence-electron chi connectivity index (χ3n) is 2.96. The van der Waals surface area contributed by atoms with E-state index < -0.39 is 0 Å². The van der Waals surface area contributed by atoms with E-state index in [0.717, 1.165) is 5.56 Å². The normalized spacial score (nSPS) is 21.1. The SMILES string of the molecule is CN1C(=O)CCC(NCc2cnn(C)c2)C1=O. The number of aromatic nitrogens is 2. The van der Waals surface area contributed by atoms with Crippen LogP contribution < -0.4 is 5.32 Å². The van der Waals surface area contributed by atoms with Crippen LogP contribution in [0.5, 0.6) is 0 Å². The standard InChI is InChI=1S/C11H16N4O2/c1-14-7-8(6-13-14)5-12-9-3-4-10(16)15(2)11(9)17/h6-7,9,12H,3-5H2,1-2H3. The minimum absolute atomic E-state index is 0.102. The molecule has 1 saturated heterocycles. The van der Waals surface area contributed by atoms with Gasteiger partial charge in [0.25, 0.3) is 0 Å². The molecule has 1 unspecified atom stereocenters. The second kappa shape index (κ2) is 4.67. The van der Waals surface area contributed by atoms with E-state index in [2.05, 4.69) is 10.4 Å². The number of hydrogen-bond acceptors (Lipinski definition) is 4. The van der Waals surface area contributed by atoms with Crippen molar-refractivity contribution < 1.29 is 9.59 Å². The summed E-state index contributed by atoms with van der Waals surface area (Å²) in [5.41, 5.74) is 1.03. The van der Waals surface area contributed by atoms with Crippen molar-refractivity contribution in [2.75, 3.05) is 7.05 Å². The highest BCUT2D eigenvalue weighted by atomic mass is 16.2. The Morgan fingerprint density at radius 1 is 1.47 bits per heavy atom. The first-order valence-electron chi connectivity index (χ1n) is 5.59. The van der Waals surface area contributed by atoms with E-state index in [1.54, 1.807) is 10.9 Å². The molecule has 1 fully saturated rings. The number of aryl methyl sites for hydroxylation is 1. The fourth-order valence-electron chi connectivity index (χ4n) is 1.91. The van der Waals surface area contributed by atoms with Gasteiger partial charge in [0.1, 0.15) is 0 Å². The smallest absolute Gasteiger partial charge is 0.246 e. The summed E-state index contributed by atoms with van der Waals surface area (Å²) in [6.45, 7) is 0.590. The Hall–Kier alpha value is -1.69. The van der Waals surface area contributed by atoms with Gasteiger partial charge in [-0.25, -0.2) is 0 Å². The first-order chi connectivity index (χ1) is 8.08. The average molecular weight is 236 g/mol. The number of carbonyl (C=O) groups excluding carboxylic acids is 2. The molecular formula is C11H16N4O2. The first-order valence-corrected chi connectivity index (χ1v) is 5.59. The van der Waals surface area contributed by atoms with Gasteiger partial charge >= 0.3 is 0 Å². The van der Waals surface area contributed by atoms with Gasteiger partial charge in [-0.2, -0.15) is 5.10 Å². The van der Waals surface area contributed by atoms with Crippen LogP contribution in [-0.2, 0) is 23.2 Å². The number of likely N-dealkylation sites (N-methyl/N-ethyl adjacent to an activating group) is 1. The lowest BCUT2D eigenvalue weighted by Crippen LogP contribution is -2.51. The molecule has 0 bridgehead atoms. The van der Waals surface area contributed by atoms with Gasteiger partial charge in [-0.15, -0.1) is 0 Å². The molecule has 92 valence electrons. The molecule has 1 N–H and O–H groups in total. The second-order valence-electron chi connectivity index (χ2n) is 4.29. The lowest BCUT2D eigenvalue weighted by atomic mass is 10.0. The molecule has 1 atom stereocenters. The number of carbonyl (C=O) groups is 2. The van der Waals surface area contributed by atoms with Crippen LogP contribution in [0, 0.1) is 0 Å². The zero-order valence-electron chi connectivity index (χ0n) is 10.0. The molecule has 0 saturated carbocycles. The molecule has 6 nitrogen and oxygen atoms in total. The first kappa shape index (κ1) is 11.8. The van der Waals surface area contributed by atoms with E-state index in [1.807, 2.05) is 13.2 Å². The van der Waals surface area contributed by atoms with Gasteiger partial charge in [-0.05, 0) is 6.42 Å². The van der Waals surface area contributed by atoms with Gasteiger partial charge < -0.3 is 5.32 Å². The summed E-state index contributed by atoms with van der Waals surface area (Å²) in [5, 5.41) is 7.21. The molecule has 6 heteroatoms. The van der Waals surface area contributed by atoms with Crippen LogP contribution in [0.15, 0.2) is 12.4 Å². The number of rotatable bonds is 3. The van der Waals surface area contributed by atoms with Crippen molar-refractivity contribution in [3.63, 3.8) is 0 Å². The van der Waals surface area contributed by atoms with E-state index in [-0.39, 0.29) is 17.9 Å². The fraction of sp³-hybridized carbons (Fsp3) is 0.545. The van der Waals surface area contributed by atoms with Gasteiger partial charge in [-0.1, -0.05) is 0 Å². The van der Waals surface area contributed by atoms with E-state index >= 15 is 0 Å². The van der Waals surface area contributed by atoms with Gasteiger partial charge in [0.2, 0.25) is 11.8 Å². The van der Waals surface area contributed by atoms with Crippen LogP contribution in [0.3, 0.4) is 0 Å². The second-order valence-corrected chi connectivity index (χ2v) is 4.29. The average Bonchev–Trinajstić information content (AvgIpc) is 2.71. The maximum atomic E-state index is 11.8. The summed E-state index contributed by atoms with van der Waals surface area (Å²) in [7, 11) is 3.38. The van der Waals surface area contributed by atoms with Crippen molar-refractivity contribution in [1.29, 1.82) is 0 Å². The predicted molar refractivity (Wildman–Crippen MR) is 60.8 cm³/mol. The highest BCUT2D eigenvalue weighted by Crippen LogP contribution is 2.12. The van der Waals surface area contributed by atoms with Crippen molar-refractivity contribution in [2.24, 2.45) is 7.05 Å². The van der Waals surface area contributed by atoms with Gasteiger partial charge in [0.05, 0.1) is 12.2 Å². The maximum absolute atomic E-state index is 11.8. The van der Waals surface area contributed by atoms with Crippen LogP contribution in [0.2, 0.25) is 0 Å². The summed E-state index contributed by atoms with van der Waals surface area (Å²) in [4.78, 5) is 24.3. The number of likely N-dealkylation sites (tertiary alicyclic amines) is 1. The monoisotopic (exact) mass is 236 g/mol. The molecule has 1 aromatic rings. The Labute approximate surface area is 99.6 Å². The molecule has 1 aliphatic rings. The summed E-state index contributed by atoms with van der Waals surface area (Å²) in [5.74, 6) is -0.250. The highest BCUT2D eigenvalue weighted by molar-refractivity contribution is 6.00. The van der Waals surface area contributed by atoms with Crippen LogP contribution in [0.1, 0.15) is 18.4 Å². The summed E-state index contributed by atoms with van der Waals surface area (Å²) in [6, 6.07) is -0.266. The van der Waals surface area contributed by atoms with Crippen LogP contribution in [0.4, 0.5) is 0 Å². The molecule has 17 heavy (non-hydrogen) atoms. The minimum atomic E-state index is -0.266. The van der Waals surface area contributed by atoms with E-state index in [4.69, 9.17) is 0 Å². The molecule has 0 aliphatic carbocycles. The summed E-state index contributed by atoms with van der Waals surface area (Å²) in [6.07, 6.45) is 4.65. The Bertz CT molecular complexity index is 440. The maximum Gasteiger partial charge on any atom is 0.246 e. The fourth-order valence-corrected chi connectivity index (χ4v) is 1.91. The molecule has 0 radical (unpaired) electrons. The number of imide groups is 1. The van der Waals surface area contributed by atoms with Crippen molar-refractivity contribution in [3.05, 3.63) is 18.0 Å². The molecule has 2 heterocycles. The Balaban J connectivity index is 1.91. The Morgan fingerprint density at radius 3 is 2.88 bits per heavy atom. The van der Waals surface area contributed by atoms with Gasteiger partial charge in [-0.3, -0.25) is 19.2 Å². The van der Waals surface area contributed by atoms with Crippen LogP contribution in [-0.4, -0.2) is 39.6 Å². The van der Waals surface area contributed by atoms with Gasteiger partial charge in [0, 0.05) is 38.8 Å². The van der Waals surface area contributed by atoms with E-state index in [0.29, 0.717) is 19.4 Å². The van der Waals surface area contributed by atoms with Crippen LogP contribution in [0.25, 0.3) is 0 Å². The summed E-state index contributed by atoms with van der Waals surface area (Å²) >= 11 is 0. The minimum Gasteiger partial charge on any atom is -0.302 e. The third kappa shape index (κ3) is 2.52. The molecule has 0 spiro atoms. The molecular weight excluding hydrogens is 220 g/mol. The number of nitrogens with one attached hydrogen (secondary N) is 1. The van der Waals surface area contributed by atoms with Crippen molar-refractivity contribution in [2.45, 2.75) is 25.4 Å². The number of piperidine rings is 1. The number of nitrogens with zero attached hydrogens (tertiary/aromatic N) is 3. The zero-order chi connectivity index (χ0) is 12.4. The molecule has 2 amide bonds. The molecule has 2 rings (SSSR count). The van der Waals surface area contributed by atoms with E-state index in [9.17, 15) is 9.59 Å². The Morgan fingerprint density at radius 2 is 2.24 bits per heavy atom. The van der Waals surface area contributed by atoms with Crippen molar-refractivity contribution in [3.8, 4) is 0 Å². The van der Waals surface area contributed by atoms with Crippen LogP contribution >= 0.6 is 0 Å². The van der Waals surface area contributed by atoms with Crippen molar-refractivity contribution >= 4 is 11.8 Å². The molecule has 0 aromatic carbocycles. The Kier molecular flexibility index (Phi) is 3.23. The largest absolute Gasteiger partial charge is 0.302 e. The molecule has 1 aromatic heterocycles. The molecule has 1 aliphatic heterocycles. The predicted octanol–water partition coefficient (Wildman–Crippen LogP) is -0.343. The van der Waals surface area contributed by atoms with Crippen molar-refractivity contribution in [1.82, 2.24) is 20.0 Å². The topological polar surface area (TPSA) is 67.2 Å². The highest BCUT2D eigenvalue weighted by Gasteiger charge is 2.31. The third-order valence-corrected chi connectivity index (χ3v) is 2.96. The quantitative estimate of drug-likeness (QED) is 0.729. The zero-order valence-corrected chi connectivity index (χ0v) is 10.0. The van der Waals surface area contributed by atoms with Gasteiger partial charge in [0.15, 0.2) is 0 Å². The number of amides is 2. The van der Waals surface area contributed by atoms with E-state index in [1.165, 1.54) is 11.9 Å². The lowest BCUT2D eigenvalue weighted by Gasteiger charge is -2.28.